The monoisotopic (exact) mass is 218 g/mol. The molecule has 0 aromatic heterocycles. The lowest BCUT2D eigenvalue weighted by Crippen LogP contribution is -2.23. The highest BCUT2D eigenvalue weighted by Gasteiger charge is 1.86. The smallest absolute Gasteiger partial charge is 0.0101 e. The van der Waals surface area contributed by atoms with Gasteiger partial charge in [-0.1, -0.05) is 0 Å². The Kier molecular flexibility index (Phi) is 15.9. The van der Waals surface area contributed by atoms with E-state index in [-0.39, 0.29) is 0 Å². The number of likely N-dealkylation sites (N-methyl/N-ethyl adjacent to an activating group) is 2. The third-order valence-electron chi connectivity index (χ3n) is 1.84. The lowest BCUT2D eigenvalue weighted by molar-refractivity contribution is 0.397. The van der Waals surface area contributed by atoms with E-state index in [0.29, 0.717) is 0 Å². The molecule has 0 saturated carbocycles. The molecule has 0 aliphatic heterocycles. The van der Waals surface area contributed by atoms with Gasteiger partial charge in [0.2, 0.25) is 0 Å². The number of nitrogens with one attached hydrogen (secondary N) is 2. The number of hydrogen-bond donors (Lipinski definition) is 2. The lowest BCUT2D eigenvalue weighted by atomic mass is 10.4. The Labute approximate surface area is 96.0 Å². The Hall–Kier alpha value is -0.160. The van der Waals surface area contributed by atoms with Crippen molar-refractivity contribution < 1.29 is 0 Å². The van der Waals surface area contributed by atoms with Gasteiger partial charge in [-0.2, -0.15) is 0 Å². The zero-order chi connectivity index (χ0) is 12.1. The van der Waals surface area contributed by atoms with Gasteiger partial charge < -0.3 is 20.4 Å². The molecule has 4 heteroatoms. The summed E-state index contributed by atoms with van der Waals surface area (Å²) in [7, 11) is 12.3. The fourth-order valence-electron chi connectivity index (χ4n) is 0.907. The van der Waals surface area contributed by atoms with E-state index in [1.54, 1.807) is 0 Å². The molecule has 0 saturated heterocycles. The van der Waals surface area contributed by atoms with Crippen LogP contribution >= 0.6 is 0 Å². The highest BCUT2D eigenvalue weighted by atomic mass is 15.1. The Balaban J connectivity index is 0. The first-order valence-electron chi connectivity index (χ1n) is 5.63. The van der Waals surface area contributed by atoms with Gasteiger partial charge in [-0.15, -0.1) is 0 Å². The second-order valence-electron chi connectivity index (χ2n) is 4.17. The van der Waals surface area contributed by atoms with Crippen LogP contribution in [0.3, 0.4) is 0 Å². The summed E-state index contributed by atoms with van der Waals surface area (Å²) in [5.74, 6) is 0. The van der Waals surface area contributed by atoms with E-state index in [1.807, 2.05) is 14.1 Å². The van der Waals surface area contributed by atoms with Gasteiger partial charge in [-0.3, -0.25) is 0 Å². The standard InChI is InChI=1S/C6H16N2.C5H14N2/c1-7-5-4-6-8(2)3;1-6-4-5-7(2)3/h7H,4-6H2,1-3H3;6H,4-5H2,1-3H3. The maximum absolute atomic E-state index is 3.10. The summed E-state index contributed by atoms with van der Waals surface area (Å²) < 4.78 is 0. The van der Waals surface area contributed by atoms with E-state index >= 15 is 0 Å². The lowest BCUT2D eigenvalue weighted by Gasteiger charge is -2.07. The molecule has 0 spiro atoms. The molecular weight excluding hydrogens is 188 g/mol. The molecule has 0 atom stereocenters. The number of nitrogens with zero attached hydrogens (tertiary/aromatic N) is 2. The van der Waals surface area contributed by atoms with Gasteiger partial charge in [0.1, 0.15) is 0 Å². The Morgan fingerprint density at radius 2 is 1.20 bits per heavy atom. The molecule has 0 heterocycles. The molecule has 0 aromatic rings. The van der Waals surface area contributed by atoms with Crippen LogP contribution in [0.2, 0.25) is 0 Å². The van der Waals surface area contributed by atoms with Crippen LogP contribution in [0, 0.1) is 0 Å². The van der Waals surface area contributed by atoms with Crippen molar-refractivity contribution in [1.82, 2.24) is 20.4 Å². The molecule has 0 unspecified atom stereocenters. The van der Waals surface area contributed by atoms with Gasteiger partial charge in [0.05, 0.1) is 0 Å². The predicted octanol–water partition coefficient (Wildman–Crippen LogP) is -0.0751. The molecule has 4 nitrogen and oxygen atoms in total. The van der Waals surface area contributed by atoms with E-state index in [0.717, 1.165) is 19.6 Å². The summed E-state index contributed by atoms with van der Waals surface area (Å²) in [4.78, 5) is 4.34. The summed E-state index contributed by atoms with van der Waals surface area (Å²) in [6.07, 6.45) is 1.24. The first-order valence-corrected chi connectivity index (χ1v) is 5.63. The summed E-state index contributed by atoms with van der Waals surface area (Å²) in [5, 5.41) is 6.15. The Morgan fingerprint density at radius 1 is 0.733 bits per heavy atom. The van der Waals surface area contributed by atoms with E-state index in [1.165, 1.54) is 13.0 Å². The summed E-state index contributed by atoms with van der Waals surface area (Å²) in [6.45, 7) is 4.50. The van der Waals surface area contributed by atoms with Crippen LogP contribution in [-0.4, -0.2) is 78.3 Å². The Morgan fingerprint density at radius 3 is 1.47 bits per heavy atom. The van der Waals surface area contributed by atoms with Gasteiger partial charge in [-0.25, -0.2) is 0 Å². The van der Waals surface area contributed by atoms with Crippen molar-refractivity contribution in [3.8, 4) is 0 Å². The summed E-state index contributed by atoms with van der Waals surface area (Å²) in [5.41, 5.74) is 0. The largest absolute Gasteiger partial charge is 0.320 e. The molecule has 0 aliphatic rings. The van der Waals surface area contributed by atoms with E-state index in [4.69, 9.17) is 0 Å². The maximum Gasteiger partial charge on any atom is 0.0101 e. The number of hydrogen-bond acceptors (Lipinski definition) is 4. The zero-order valence-corrected chi connectivity index (χ0v) is 11.4. The normalized spacial score (nSPS) is 10.4. The van der Waals surface area contributed by atoms with E-state index in [2.05, 4.69) is 48.6 Å². The SMILES string of the molecule is CNCCCN(C)C.CNCCN(C)C. The van der Waals surface area contributed by atoms with Gasteiger partial charge in [0.15, 0.2) is 0 Å². The zero-order valence-electron chi connectivity index (χ0n) is 11.4. The highest BCUT2D eigenvalue weighted by molar-refractivity contribution is 4.45. The van der Waals surface area contributed by atoms with E-state index in [9.17, 15) is 0 Å². The van der Waals surface area contributed by atoms with Crippen molar-refractivity contribution in [1.29, 1.82) is 0 Å². The first kappa shape index (κ1) is 17.2. The molecule has 0 bridgehead atoms. The molecule has 0 fully saturated rings. The van der Waals surface area contributed by atoms with Gasteiger partial charge in [0.25, 0.3) is 0 Å². The van der Waals surface area contributed by atoms with Crippen molar-refractivity contribution in [2.24, 2.45) is 0 Å². The second-order valence-corrected chi connectivity index (χ2v) is 4.17. The van der Waals surface area contributed by atoms with Crippen LogP contribution in [0.5, 0.6) is 0 Å². The third kappa shape index (κ3) is 24.8. The minimum Gasteiger partial charge on any atom is -0.320 e. The highest BCUT2D eigenvalue weighted by Crippen LogP contribution is 1.78. The topological polar surface area (TPSA) is 30.5 Å². The van der Waals surface area contributed by atoms with Crippen LogP contribution in [0.25, 0.3) is 0 Å². The molecule has 0 amide bonds. The van der Waals surface area contributed by atoms with Crippen molar-refractivity contribution in [3.63, 3.8) is 0 Å². The van der Waals surface area contributed by atoms with Crippen molar-refractivity contribution in [2.45, 2.75) is 6.42 Å². The van der Waals surface area contributed by atoms with Crippen LogP contribution in [0.4, 0.5) is 0 Å². The predicted molar refractivity (Wildman–Crippen MR) is 69.6 cm³/mol. The average molecular weight is 218 g/mol. The van der Waals surface area contributed by atoms with Gasteiger partial charge in [-0.05, 0) is 61.8 Å². The molecule has 0 aliphatic carbocycles. The molecule has 0 radical (unpaired) electrons. The third-order valence-corrected chi connectivity index (χ3v) is 1.84. The number of rotatable bonds is 7. The van der Waals surface area contributed by atoms with Crippen LogP contribution < -0.4 is 10.6 Å². The minimum atomic E-state index is 1.08. The summed E-state index contributed by atoms with van der Waals surface area (Å²) in [6, 6.07) is 0. The van der Waals surface area contributed by atoms with Gasteiger partial charge in [0, 0.05) is 13.1 Å². The van der Waals surface area contributed by atoms with Crippen LogP contribution in [-0.2, 0) is 0 Å². The molecule has 94 valence electrons. The summed E-state index contributed by atoms with van der Waals surface area (Å²) >= 11 is 0. The second kappa shape index (κ2) is 13.8. The van der Waals surface area contributed by atoms with E-state index < -0.39 is 0 Å². The Bertz CT molecular complexity index is 105. The van der Waals surface area contributed by atoms with Gasteiger partial charge >= 0.3 is 0 Å². The minimum absolute atomic E-state index is 1.08. The molecule has 15 heavy (non-hydrogen) atoms. The fraction of sp³-hybridized carbons (Fsp3) is 1.00. The average Bonchev–Trinajstić information content (AvgIpc) is 2.15. The fourth-order valence-corrected chi connectivity index (χ4v) is 0.907. The first-order chi connectivity index (χ1) is 7.04. The van der Waals surface area contributed by atoms with Crippen molar-refractivity contribution in [3.05, 3.63) is 0 Å². The molecule has 0 rings (SSSR count). The quantitative estimate of drug-likeness (QED) is 0.586. The van der Waals surface area contributed by atoms with Crippen LogP contribution in [0.15, 0.2) is 0 Å². The molecule has 2 N–H and O–H groups in total. The van der Waals surface area contributed by atoms with Crippen LogP contribution in [0.1, 0.15) is 6.42 Å². The molecular formula is C11H30N4. The van der Waals surface area contributed by atoms with Crippen molar-refractivity contribution >= 4 is 0 Å². The maximum atomic E-state index is 3.10. The molecule has 0 aromatic carbocycles. The van der Waals surface area contributed by atoms with Crippen molar-refractivity contribution in [2.75, 3.05) is 68.5 Å².